The summed E-state index contributed by atoms with van der Waals surface area (Å²) in [5.41, 5.74) is 3.09. The zero-order chi connectivity index (χ0) is 19.6. The SMILES string of the molecule is Cc1cc2oc(=O)cc(CSCC(=O)Nc3cc(Cl)ccc3F)c2cc1C. The second-order valence-corrected chi connectivity index (χ2v) is 7.61. The van der Waals surface area contributed by atoms with E-state index in [1.54, 1.807) is 0 Å². The maximum absolute atomic E-state index is 13.7. The molecule has 0 aliphatic carbocycles. The molecule has 1 amide bonds. The molecule has 0 aliphatic heterocycles. The van der Waals surface area contributed by atoms with Gasteiger partial charge in [0, 0.05) is 22.2 Å². The van der Waals surface area contributed by atoms with E-state index in [-0.39, 0.29) is 17.3 Å². The van der Waals surface area contributed by atoms with Crippen molar-refractivity contribution in [2.24, 2.45) is 0 Å². The largest absolute Gasteiger partial charge is 0.423 e. The number of nitrogens with one attached hydrogen (secondary N) is 1. The lowest BCUT2D eigenvalue weighted by Gasteiger charge is -2.09. The summed E-state index contributed by atoms with van der Waals surface area (Å²) in [7, 11) is 0. The number of fused-ring (bicyclic) bond motifs is 1. The molecule has 0 fully saturated rings. The molecule has 0 aliphatic rings. The van der Waals surface area contributed by atoms with Crippen LogP contribution in [0.25, 0.3) is 11.0 Å². The lowest BCUT2D eigenvalue weighted by Crippen LogP contribution is -2.15. The van der Waals surface area contributed by atoms with E-state index >= 15 is 0 Å². The minimum Gasteiger partial charge on any atom is -0.423 e. The zero-order valence-electron chi connectivity index (χ0n) is 14.8. The minimum absolute atomic E-state index is 0.0463. The monoisotopic (exact) mass is 405 g/mol. The molecule has 3 rings (SSSR count). The molecule has 0 atom stereocenters. The van der Waals surface area contributed by atoms with Gasteiger partial charge in [0.1, 0.15) is 11.4 Å². The molecule has 0 saturated heterocycles. The molecule has 27 heavy (non-hydrogen) atoms. The van der Waals surface area contributed by atoms with E-state index in [0.29, 0.717) is 16.4 Å². The van der Waals surface area contributed by atoms with Gasteiger partial charge in [-0.3, -0.25) is 4.79 Å². The molecule has 4 nitrogen and oxygen atoms in total. The van der Waals surface area contributed by atoms with Gasteiger partial charge in [0.15, 0.2) is 0 Å². The topological polar surface area (TPSA) is 59.3 Å². The van der Waals surface area contributed by atoms with Crippen LogP contribution in [0.5, 0.6) is 0 Å². The highest BCUT2D eigenvalue weighted by molar-refractivity contribution is 7.99. The van der Waals surface area contributed by atoms with Gasteiger partial charge in [-0.1, -0.05) is 11.6 Å². The molecule has 0 radical (unpaired) electrons. The minimum atomic E-state index is -0.546. The Morgan fingerprint density at radius 2 is 1.93 bits per heavy atom. The van der Waals surface area contributed by atoms with E-state index < -0.39 is 11.4 Å². The number of thioether (sulfide) groups is 1. The third-order valence-electron chi connectivity index (χ3n) is 4.14. The quantitative estimate of drug-likeness (QED) is 0.602. The summed E-state index contributed by atoms with van der Waals surface area (Å²) < 4.78 is 19.0. The van der Waals surface area contributed by atoms with E-state index in [2.05, 4.69) is 5.32 Å². The number of hydrogen-bond donors (Lipinski definition) is 1. The number of hydrogen-bond acceptors (Lipinski definition) is 4. The first-order chi connectivity index (χ1) is 12.8. The predicted octanol–water partition coefficient (Wildman–Crippen LogP) is 5.07. The summed E-state index contributed by atoms with van der Waals surface area (Å²) in [5.74, 6) is -0.329. The molecule has 0 saturated carbocycles. The molecule has 3 aromatic rings. The van der Waals surface area contributed by atoms with Gasteiger partial charge in [0.25, 0.3) is 0 Å². The van der Waals surface area contributed by atoms with Gasteiger partial charge in [-0.15, -0.1) is 11.8 Å². The van der Waals surface area contributed by atoms with Crippen LogP contribution in [0, 0.1) is 19.7 Å². The van der Waals surface area contributed by atoms with Crippen LogP contribution in [-0.2, 0) is 10.5 Å². The summed E-state index contributed by atoms with van der Waals surface area (Å²) in [6.07, 6.45) is 0. The number of aryl methyl sites for hydroxylation is 2. The van der Waals surface area contributed by atoms with Gasteiger partial charge in [-0.05, 0) is 60.9 Å². The van der Waals surface area contributed by atoms with E-state index in [0.717, 1.165) is 22.1 Å². The highest BCUT2D eigenvalue weighted by atomic mass is 35.5. The van der Waals surface area contributed by atoms with Crippen LogP contribution in [0.1, 0.15) is 16.7 Å². The summed E-state index contributed by atoms with van der Waals surface area (Å²) >= 11 is 7.15. The lowest BCUT2D eigenvalue weighted by atomic mass is 10.0. The Kier molecular flexibility index (Phi) is 5.87. The van der Waals surface area contributed by atoms with Crippen molar-refractivity contribution in [3.8, 4) is 0 Å². The number of amides is 1. The molecule has 1 heterocycles. The summed E-state index contributed by atoms with van der Waals surface area (Å²) in [4.78, 5) is 23.9. The molecule has 7 heteroatoms. The molecule has 1 aromatic heterocycles. The molecule has 2 aromatic carbocycles. The second kappa shape index (κ2) is 8.15. The third kappa shape index (κ3) is 4.70. The molecular formula is C20H17ClFNO3S. The predicted molar refractivity (Wildman–Crippen MR) is 108 cm³/mol. The standard InChI is InChI=1S/C20H17ClFNO3S/c1-11-5-15-13(7-20(25)26-18(15)6-12(11)2)9-27-10-19(24)23-17-8-14(21)3-4-16(17)22/h3-8H,9-10H2,1-2H3,(H,23,24). The number of rotatable bonds is 5. The van der Waals surface area contributed by atoms with Gasteiger partial charge in [0.2, 0.25) is 5.91 Å². The van der Waals surface area contributed by atoms with E-state index in [1.807, 2.05) is 26.0 Å². The Hall–Kier alpha value is -2.31. The maximum Gasteiger partial charge on any atom is 0.336 e. The zero-order valence-corrected chi connectivity index (χ0v) is 16.3. The van der Waals surface area contributed by atoms with E-state index in [4.69, 9.17) is 16.0 Å². The summed E-state index contributed by atoms with van der Waals surface area (Å²) in [6, 6.07) is 9.24. The van der Waals surface area contributed by atoms with Crippen molar-refractivity contribution in [1.82, 2.24) is 0 Å². The average Bonchev–Trinajstić information content (AvgIpc) is 2.59. The molecule has 1 N–H and O–H groups in total. The van der Waals surface area contributed by atoms with Crippen LogP contribution in [-0.4, -0.2) is 11.7 Å². The fourth-order valence-electron chi connectivity index (χ4n) is 2.64. The molecular weight excluding hydrogens is 389 g/mol. The van der Waals surface area contributed by atoms with Crippen molar-refractivity contribution in [3.63, 3.8) is 0 Å². The van der Waals surface area contributed by atoms with Crippen LogP contribution in [0.4, 0.5) is 10.1 Å². The van der Waals surface area contributed by atoms with Crippen molar-refractivity contribution < 1.29 is 13.6 Å². The fourth-order valence-corrected chi connectivity index (χ4v) is 3.63. The van der Waals surface area contributed by atoms with Crippen molar-refractivity contribution >= 4 is 45.9 Å². The molecule has 0 unspecified atom stereocenters. The first-order valence-electron chi connectivity index (χ1n) is 8.20. The van der Waals surface area contributed by atoms with Crippen molar-refractivity contribution in [3.05, 3.63) is 74.3 Å². The van der Waals surface area contributed by atoms with Crippen molar-refractivity contribution in [2.75, 3.05) is 11.1 Å². The summed E-state index contributed by atoms with van der Waals surface area (Å²) in [6.45, 7) is 3.94. The Bertz CT molecular complexity index is 1080. The first kappa shape index (κ1) is 19.5. The van der Waals surface area contributed by atoms with Crippen molar-refractivity contribution in [1.29, 1.82) is 0 Å². The highest BCUT2D eigenvalue weighted by Crippen LogP contribution is 2.25. The maximum atomic E-state index is 13.7. The number of benzene rings is 2. The summed E-state index contributed by atoms with van der Waals surface area (Å²) in [5, 5.41) is 3.70. The first-order valence-corrected chi connectivity index (χ1v) is 9.73. The van der Waals surface area contributed by atoms with Crippen LogP contribution in [0.3, 0.4) is 0 Å². The fraction of sp³-hybridized carbons (Fsp3) is 0.200. The Labute approximate surface area is 164 Å². The third-order valence-corrected chi connectivity index (χ3v) is 5.35. The Morgan fingerprint density at radius 3 is 2.70 bits per heavy atom. The number of halogens is 2. The van der Waals surface area contributed by atoms with Crippen molar-refractivity contribution in [2.45, 2.75) is 19.6 Å². The van der Waals surface area contributed by atoms with Crippen LogP contribution in [0.15, 0.2) is 45.6 Å². The normalized spacial score (nSPS) is 11.0. The number of anilines is 1. The van der Waals surface area contributed by atoms with Gasteiger partial charge < -0.3 is 9.73 Å². The van der Waals surface area contributed by atoms with Crippen LogP contribution >= 0.6 is 23.4 Å². The van der Waals surface area contributed by atoms with Crippen LogP contribution < -0.4 is 10.9 Å². The second-order valence-electron chi connectivity index (χ2n) is 6.19. The molecule has 0 bridgehead atoms. The highest BCUT2D eigenvalue weighted by Gasteiger charge is 2.11. The van der Waals surface area contributed by atoms with Gasteiger partial charge in [-0.25, -0.2) is 9.18 Å². The number of carbonyl (C=O) groups excluding carboxylic acids is 1. The smallest absolute Gasteiger partial charge is 0.336 e. The Balaban J connectivity index is 1.70. The average molecular weight is 406 g/mol. The lowest BCUT2D eigenvalue weighted by molar-refractivity contribution is -0.113. The Morgan fingerprint density at radius 1 is 1.19 bits per heavy atom. The van der Waals surface area contributed by atoms with E-state index in [1.165, 1.54) is 36.0 Å². The van der Waals surface area contributed by atoms with Crippen LogP contribution in [0.2, 0.25) is 5.02 Å². The van der Waals surface area contributed by atoms with Gasteiger partial charge >= 0.3 is 5.63 Å². The number of carbonyl (C=O) groups is 1. The van der Waals surface area contributed by atoms with Gasteiger partial charge in [0.05, 0.1) is 11.4 Å². The molecule has 0 spiro atoms. The van der Waals surface area contributed by atoms with Gasteiger partial charge in [-0.2, -0.15) is 0 Å². The molecule has 140 valence electrons. The van der Waals surface area contributed by atoms with E-state index in [9.17, 15) is 14.0 Å².